The number of aliphatic imine (C=N–C) groups is 1. The van der Waals surface area contributed by atoms with Crippen LogP contribution in [0.2, 0.25) is 0 Å². The quantitative estimate of drug-likeness (QED) is 0.673. The maximum atomic E-state index is 10.7. The van der Waals surface area contributed by atoms with Gasteiger partial charge in [-0.2, -0.15) is 0 Å². The lowest BCUT2D eigenvalue weighted by Gasteiger charge is -1.99. The maximum Gasteiger partial charge on any atom is 0.277 e. The molecule has 0 atom stereocenters. The van der Waals surface area contributed by atoms with Crippen LogP contribution in [0.15, 0.2) is 4.99 Å². The van der Waals surface area contributed by atoms with Crippen LogP contribution in [0.1, 0.15) is 20.4 Å². The molecular weight excluding hydrogens is 174 g/mol. The Morgan fingerprint density at radius 1 is 1.67 bits per heavy atom. The lowest BCUT2D eigenvalue weighted by Crippen LogP contribution is -2.10. The van der Waals surface area contributed by atoms with Crippen molar-refractivity contribution in [3.05, 3.63) is 15.6 Å². The Bertz CT molecular complexity index is 356. The van der Waals surface area contributed by atoms with Gasteiger partial charge in [0.1, 0.15) is 0 Å². The molecule has 2 heterocycles. The fraction of sp³-hybridized carbons (Fsp3) is 0.286. The minimum Gasteiger partial charge on any atom is -0.364 e. The van der Waals surface area contributed by atoms with Gasteiger partial charge in [-0.3, -0.25) is 9.79 Å². The van der Waals surface area contributed by atoms with Crippen LogP contribution < -0.4 is 5.73 Å². The zero-order valence-corrected chi connectivity index (χ0v) is 7.10. The third kappa shape index (κ3) is 1.12. The van der Waals surface area contributed by atoms with Crippen LogP contribution >= 0.6 is 11.3 Å². The molecule has 4 nitrogen and oxygen atoms in total. The molecule has 0 saturated carbocycles. The molecule has 0 saturated heterocycles. The number of nitrogens with zero attached hydrogens (tertiary/aromatic N) is 2. The summed E-state index contributed by atoms with van der Waals surface area (Å²) in [5, 5.41) is 0.383. The van der Waals surface area contributed by atoms with Gasteiger partial charge >= 0.3 is 0 Å². The van der Waals surface area contributed by atoms with Gasteiger partial charge in [-0.05, 0) is 0 Å². The molecule has 2 rings (SSSR count). The summed E-state index contributed by atoms with van der Waals surface area (Å²) in [5.41, 5.74) is 6.04. The number of hydrogen-bond acceptors (Lipinski definition) is 4. The van der Waals surface area contributed by atoms with Crippen LogP contribution in [-0.4, -0.2) is 23.7 Å². The zero-order chi connectivity index (χ0) is 8.55. The van der Waals surface area contributed by atoms with Gasteiger partial charge in [-0.25, -0.2) is 4.98 Å². The second-order valence-corrected chi connectivity index (χ2v) is 3.51. The summed E-state index contributed by atoms with van der Waals surface area (Å²) in [7, 11) is 0. The number of hydrogen-bond donors (Lipinski definition) is 1. The first-order chi connectivity index (χ1) is 5.77. The molecule has 12 heavy (non-hydrogen) atoms. The van der Waals surface area contributed by atoms with Gasteiger partial charge in [0.15, 0.2) is 5.01 Å². The monoisotopic (exact) mass is 181 g/mol. The van der Waals surface area contributed by atoms with Crippen molar-refractivity contribution < 1.29 is 4.79 Å². The largest absolute Gasteiger partial charge is 0.364 e. The Morgan fingerprint density at radius 2 is 2.50 bits per heavy atom. The summed E-state index contributed by atoms with van der Waals surface area (Å²) in [6.07, 6.45) is 2.57. The number of amides is 1. The number of nitrogens with two attached hydrogens (primary N) is 1. The highest BCUT2D eigenvalue weighted by Gasteiger charge is 2.14. The van der Waals surface area contributed by atoms with E-state index in [0.717, 1.165) is 23.5 Å². The number of rotatable bonds is 1. The van der Waals surface area contributed by atoms with E-state index < -0.39 is 5.91 Å². The topological polar surface area (TPSA) is 68.3 Å². The van der Waals surface area contributed by atoms with Crippen LogP contribution in [-0.2, 0) is 6.42 Å². The van der Waals surface area contributed by atoms with E-state index in [1.54, 1.807) is 6.21 Å². The van der Waals surface area contributed by atoms with Crippen LogP contribution in [0.4, 0.5) is 0 Å². The lowest BCUT2D eigenvalue weighted by atomic mass is 10.2. The van der Waals surface area contributed by atoms with Crippen LogP contribution in [0.5, 0.6) is 0 Å². The van der Waals surface area contributed by atoms with E-state index in [9.17, 15) is 4.79 Å². The van der Waals surface area contributed by atoms with Crippen LogP contribution in [0.3, 0.4) is 0 Å². The van der Waals surface area contributed by atoms with Crippen molar-refractivity contribution in [1.82, 2.24) is 4.98 Å². The molecule has 1 aliphatic rings. The van der Waals surface area contributed by atoms with E-state index in [1.165, 1.54) is 11.3 Å². The number of carbonyl (C=O) groups is 1. The smallest absolute Gasteiger partial charge is 0.277 e. The minimum absolute atomic E-state index is 0.383. The van der Waals surface area contributed by atoms with Gasteiger partial charge in [0.2, 0.25) is 0 Å². The summed E-state index contributed by atoms with van der Waals surface area (Å²) in [6, 6.07) is 0. The molecule has 1 amide bonds. The molecule has 1 aromatic rings. The van der Waals surface area contributed by atoms with Gasteiger partial charge in [0.05, 0.1) is 10.6 Å². The first-order valence-electron chi connectivity index (χ1n) is 3.56. The van der Waals surface area contributed by atoms with E-state index >= 15 is 0 Å². The van der Waals surface area contributed by atoms with E-state index in [2.05, 4.69) is 9.98 Å². The summed E-state index contributed by atoms with van der Waals surface area (Å²) >= 11 is 1.31. The lowest BCUT2D eigenvalue weighted by molar-refractivity contribution is 0.1000. The number of carbonyl (C=O) groups excluding carboxylic acids is 1. The summed E-state index contributed by atoms with van der Waals surface area (Å²) in [6.45, 7) is 0.759. The minimum atomic E-state index is -0.456. The number of aromatic nitrogens is 1. The SMILES string of the molecule is NC(=O)c1nc2c(s1)C=NCC2. The predicted octanol–water partition coefficient (Wildman–Crippen LogP) is 0.217. The average Bonchev–Trinajstić information content (AvgIpc) is 2.46. The third-order valence-electron chi connectivity index (χ3n) is 1.62. The average molecular weight is 181 g/mol. The van der Waals surface area contributed by atoms with Crippen LogP contribution in [0, 0.1) is 0 Å². The summed E-state index contributed by atoms with van der Waals surface area (Å²) in [5.74, 6) is -0.456. The Kier molecular flexibility index (Phi) is 1.65. The predicted molar refractivity (Wildman–Crippen MR) is 46.8 cm³/mol. The number of thiazole rings is 1. The molecule has 2 N–H and O–H groups in total. The molecular formula is C7H7N3OS. The molecule has 0 radical (unpaired) electrons. The fourth-order valence-electron chi connectivity index (χ4n) is 1.07. The molecule has 0 bridgehead atoms. The Balaban J connectivity index is 2.46. The molecule has 0 unspecified atom stereocenters. The van der Waals surface area contributed by atoms with Crippen molar-refractivity contribution in [1.29, 1.82) is 0 Å². The molecule has 5 heteroatoms. The van der Waals surface area contributed by atoms with Gasteiger partial charge in [0.25, 0.3) is 5.91 Å². The third-order valence-corrected chi connectivity index (χ3v) is 2.67. The normalized spacial score (nSPS) is 14.3. The fourth-order valence-corrected chi connectivity index (χ4v) is 1.92. The van der Waals surface area contributed by atoms with Gasteiger partial charge in [0, 0.05) is 19.2 Å². The number of fused-ring (bicyclic) bond motifs is 1. The van der Waals surface area contributed by atoms with Crippen molar-refractivity contribution >= 4 is 23.5 Å². The molecule has 1 aliphatic heterocycles. The van der Waals surface area contributed by atoms with Crippen molar-refractivity contribution in [2.45, 2.75) is 6.42 Å². The first kappa shape index (κ1) is 7.42. The van der Waals surface area contributed by atoms with Crippen molar-refractivity contribution in [3.8, 4) is 0 Å². The van der Waals surface area contributed by atoms with Gasteiger partial charge in [-0.15, -0.1) is 11.3 Å². The molecule has 0 spiro atoms. The Labute approximate surface area is 73.1 Å². The van der Waals surface area contributed by atoms with Crippen molar-refractivity contribution in [3.63, 3.8) is 0 Å². The maximum absolute atomic E-state index is 10.7. The van der Waals surface area contributed by atoms with E-state index in [4.69, 9.17) is 5.73 Å². The second kappa shape index (κ2) is 2.67. The van der Waals surface area contributed by atoms with Crippen molar-refractivity contribution in [2.75, 3.05) is 6.54 Å². The highest BCUT2D eigenvalue weighted by Crippen LogP contribution is 2.19. The molecule has 0 aromatic carbocycles. The van der Waals surface area contributed by atoms with Gasteiger partial charge < -0.3 is 5.73 Å². The highest BCUT2D eigenvalue weighted by molar-refractivity contribution is 7.15. The molecule has 62 valence electrons. The first-order valence-corrected chi connectivity index (χ1v) is 4.38. The molecule has 0 fully saturated rings. The van der Waals surface area contributed by atoms with Crippen molar-refractivity contribution in [2.24, 2.45) is 10.7 Å². The second-order valence-electron chi connectivity index (χ2n) is 2.48. The number of primary amides is 1. The van der Waals surface area contributed by atoms with E-state index in [-0.39, 0.29) is 0 Å². The van der Waals surface area contributed by atoms with E-state index in [1.807, 2.05) is 0 Å². The Morgan fingerprint density at radius 3 is 3.17 bits per heavy atom. The molecule has 0 aliphatic carbocycles. The summed E-state index contributed by atoms with van der Waals surface area (Å²) < 4.78 is 0. The highest BCUT2D eigenvalue weighted by atomic mass is 32.1. The standard InChI is InChI=1S/C7H7N3OS/c8-6(11)7-10-4-1-2-9-3-5(4)12-7/h3H,1-2H2,(H2,8,11). The zero-order valence-electron chi connectivity index (χ0n) is 6.28. The van der Waals surface area contributed by atoms with E-state index in [0.29, 0.717) is 5.01 Å². The van der Waals surface area contributed by atoms with Gasteiger partial charge in [-0.1, -0.05) is 0 Å². The van der Waals surface area contributed by atoms with Crippen LogP contribution in [0.25, 0.3) is 0 Å². The Hall–Kier alpha value is -1.23. The summed E-state index contributed by atoms with van der Waals surface area (Å²) in [4.78, 5) is 19.9. The molecule has 1 aromatic heterocycles.